The minimum absolute atomic E-state index is 0.222. The third-order valence-electron chi connectivity index (χ3n) is 3.19. The average molecular weight is 435 g/mol. The number of rotatable bonds is 5. The lowest BCUT2D eigenvalue weighted by Gasteiger charge is -2.05. The second kappa shape index (κ2) is 7.70. The van der Waals surface area contributed by atoms with Crippen molar-refractivity contribution in [1.29, 1.82) is 0 Å². The molecule has 0 fully saturated rings. The van der Waals surface area contributed by atoms with Crippen LogP contribution in [-0.4, -0.2) is 5.91 Å². The molecule has 0 radical (unpaired) electrons. The molecule has 0 spiro atoms. The molecule has 0 atom stereocenters. The Kier molecular flexibility index (Phi) is 5.40. The average Bonchev–Trinajstić information content (AvgIpc) is 3.05. The fourth-order valence-corrected chi connectivity index (χ4v) is 3.31. The number of hydrogen-bond donors (Lipinski definition) is 1. The number of halogens is 1. The zero-order valence-electron chi connectivity index (χ0n) is 12.2. The summed E-state index contributed by atoms with van der Waals surface area (Å²) >= 11 is 3.91. The summed E-state index contributed by atoms with van der Waals surface area (Å²) in [7, 11) is 0. The van der Waals surface area contributed by atoms with Crippen LogP contribution in [0.25, 0.3) is 0 Å². The summed E-state index contributed by atoms with van der Waals surface area (Å²) < 4.78 is 6.51. The smallest absolute Gasteiger partial charge is 0.291 e. The van der Waals surface area contributed by atoms with Crippen molar-refractivity contribution < 1.29 is 9.21 Å². The summed E-state index contributed by atoms with van der Waals surface area (Å²) in [5, 5.41) is 2.86. The highest BCUT2D eigenvalue weighted by atomic mass is 127. The number of anilines is 1. The molecule has 0 saturated carbocycles. The number of carbonyl (C=O) groups excluding carboxylic acids is 1. The van der Waals surface area contributed by atoms with Crippen molar-refractivity contribution >= 4 is 45.9 Å². The maximum atomic E-state index is 12.4. The van der Waals surface area contributed by atoms with Gasteiger partial charge in [-0.05, 0) is 65.1 Å². The Morgan fingerprint density at radius 2 is 1.78 bits per heavy atom. The number of nitrogens with one attached hydrogen (secondary N) is 1. The fourth-order valence-electron chi connectivity index (χ4n) is 2.05. The van der Waals surface area contributed by atoms with Gasteiger partial charge < -0.3 is 9.73 Å². The summed E-state index contributed by atoms with van der Waals surface area (Å²) in [4.78, 5) is 13.5. The second-order valence-electron chi connectivity index (χ2n) is 4.84. The number of amides is 1. The molecule has 116 valence electrons. The largest absolute Gasteiger partial charge is 0.459 e. The molecule has 3 rings (SSSR count). The quantitative estimate of drug-likeness (QED) is 0.430. The topological polar surface area (TPSA) is 42.2 Å². The maximum Gasteiger partial charge on any atom is 0.291 e. The van der Waals surface area contributed by atoms with E-state index < -0.39 is 0 Å². The van der Waals surface area contributed by atoms with Gasteiger partial charge in [0.25, 0.3) is 5.91 Å². The summed E-state index contributed by atoms with van der Waals surface area (Å²) in [5.41, 5.74) is 1.65. The van der Waals surface area contributed by atoms with Crippen LogP contribution in [0, 0.1) is 3.57 Å². The zero-order valence-corrected chi connectivity index (χ0v) is 15.1. The van der Waals surface area contributed by atoms with E-state index in [1.165, 1.54) is 0 Å². The van der Waals surface area contributed by atoms with E-state index in [0.29, 0.717) is 11.5 Å². The molecule has 0 saturated heterocycles. The zero-order chi connectivity index (χ0) is 16.1. The van der Waals surface area contributed by atoms with Crippen LogP contribution < -0.4 is 5.32 Å². The molecule has 1 N–H and O–H groups in total. The third-order valence-corrected chi connectivity index (χ3v) is 4.97. The predicted octanol–water partition coefficient (Wildman–Crippen LogP) is 5.43. The standard InChI is InChI=1S/C18H14INO2S/c19-14-6-8-15(9-7-14)20-18(21)17-13(10-11-22-17)12-23-16-4-2-1-3-5-16/h1-11H,12H2,(H,20,21). The Morgan fingerprint density at radius 1 is 1.04 bits per heavy atom. The minimum atomic E-state index is -0.222. The molecule has 3 nitrogen and oxygen atoms in total. The molecule has 2 aromatic carbocycles. The van der Waals surface area contributed by atoms with E-state index in [1.807, 2.05) is 48.5 Å². The summed E-state index contributed by atoms with van der Waals surface area (Å²) in [5.74, 6) is 0.836. The SMILES string of the molecule is O=C(Nc1ccc(I)cc1)c1occc1CSc1ccccc1. The van der Waals surface area contributed by atoms with Gasteiger partial charge in [0, 0.05) is 25.5 Å². The Balaban J connectivity index is 1.67. The molecular weight excluding hydrogens is 421 g/mol. The molecule has 5 heteroatoms. The molecule has 0 unspecified atom stereocenters. The lowest BCUT2D eigenvalue weighted by molar-refractivity contribution is 0.0996. The van der Waals surface area contributed by atoms with Gasteiger partial charge in [-0.2, -0.15) is 0 Å². The van der Waals surface area contributed by atoms with Gasteiger partial charge in [-0.1, -0.05) is 18.2 Å². The Bertz CT molecular complexity index is 784. The van der Waals surface area contributed by atoms with Crippen LogP contribution in [0.15, 0.2) is 76.2 Å². The van der Waals surface area contributed by atoms with Crippen molar-refractivity contribution in [3.8, 4) is 0 Å². The number of furan rings is 1. The van der Waals surface area contributed by atoms with Crippen LogP contribution in [0.4, 0.5) is 5.69 Å². The summed E-state index contributed by atoms with van der Waals surface area (Å²) in [6.45, 7) is 0. The van der Waals surface area contributed by atoms with E-state index >= 15 is 0 Å². The van der Waals surface area contributed by atoms with Gasteiger partial charge in [0.1, 0.15) is 0 Å². The molecule has 23 heavy (non-hydrogen) atoms. The van der Waals surface area contributed by atoms with Crippen LogP contribution >= 0.6 is 34.4 Å². The first-order valence-electron chi connectivity index (χ1n) is 7.03. The first-order valence-corrected chi connectivity index (χ1v) is 9.10. The van der Waals surface area contributed by atoms with Crippen LogP contribution in [0.1, 0.15) is 16.1 Å². The highest BCUT2D eigenvalue weighted by Gasteiger charge is 2.15. The van der Waals surface area contributed by atoms with Crippen molar-refractivity contribution in [2.24, 2.45) is 0 Å². The molecule has 0 bridgehead atoms. The van der Waals surface area contributed by atoms with Crippen LogP contribution in [0.2, 0.25) is 0 Å². The maximum absolute atomic E-state index is 12.4. The Labute approximate surface area is 152 Å². The van der Waals surface area contributed by atoms with Crippen LogP contribution in [0.3, 0.4) is 0 Å². The Hall–Kier alpha value is -1.73. The predicted molar refractivity (Wildman–Crippen MR) is 102 cm³/mol. The normalized spacial score (nSPS) is 10.5. The van der Waals surface area contributed by atoms with Gasteiger partial charge in [-0.25, -0.2) is 0 Å². The van der Waals surface area contributed by atoms with Crippen LogP contribution in [-0.2, 0) is 5.75 Å². The van der Waals surface area contributed by atoms with Gasteiger partial charge in [0.2, 0.25) is 0 Å². The van der Waals surface area contributed by atoms with E-state index in [4.69, 9.17) is 4.42 Å². The fraction of sp³-hybridized carbons (Fsp3) is 0.0556. The summed E-state index contributed by atoms with van der Waals surface area (Å²) in [6.07, 6.45) is 1.56. The van der Waals surface area contributed by atoms with E-state index in [0.717, 1.165) is 19.7 Å². The molecule has 1 aromatic heterocycles. The molecule has 1 heterocycles. The van der Waals surface area contributed by atoms with E-state index in [1.54, 1.807) is 18.0 Å². The molecule has 0 aliphatic heterocycles. The first-order chi connectivity index (χ1) is 11.2. The lowest BCUT2D eigenvalue weighted by Crippen LogP contribution is -2.12. The van der Waals surface area contributed by atoms with E-state index in [-0.39, 0.29) is 5.91 Å². The third kappa shape index (κ3) is 4.39. The number of thioether (sulfide) groups is 1. The monoisotopic (exact) mass is 435 g/mol. The van der Waals surface area contributed by atoms with E-state index in [2.05, 4.69) is 40.0 Å². The van der Waals surface area contributed by atoms with E-state index in [9.17, 15) is 4.79 Å². The molecular formula is C18H14INO2S. The highest BCUT2D eigenvalue weighted by Crippen LogP contribution is 2.25. The van der Waals surface area contributed by atoms with Crippen LogP contribution in [0.5, 0.6) is 0 Å². The number of benzene rings is 2. The lowest BCUT2D eigenvalue weighted by atomic mass is 10.2. The Morgan fingerprint density at radius 3 is 2.52 bits per heavy atom. The van der Waals surface area contributed by atoms with Crippen molar-refractivity contribution in [3.63, 3.8) is 0 Å². The second-order valence-corrected chi connectivity index (χ2v) is 7.13. The highest BCUT2D eigenvalue weighted by molar-refractivity contribution is 14.1. The first kappa shape index (κ1) is 16.1. The number of carbonyl (C=O) groups is 1. The molecule has 3 aromatic rings. The van der Waals surface area contributed by atoms with Crippen molar-refractivity contribution in [1.82, 2.24) is 0 Å². The molecule has 1 amide bonds. The number of hydrogen-bond acceptors (Lipinski definition) is 3. The van der Waals surface area contributed by atoms with Gasteiger partial charge >= 0.3 is 0 Å². The molecule has 0 aliphatic carbocycles. The van der Waals surface area contributed by atoms with Crippen molar-refractivity contribution in [2.75, 3.05) is 5.32 Å². The minimum Gasteiger partial charge on any atom is -0.459 e. The molecule has 0 aliphatic rings. The van der Waals surface area contributed by atoms with Gasteiger partial charge in [0.15, 0.2) is 5.76 Å². The summed E-state index contributed by atoms with van der Waals surface area (Å²) in [6, 6.07) is 19.6. The van der Waals surface area contributed by atoms with Gasteiger partial charge in [-0.3, -0.25) is 4.79 Å². The van der Waals surface area contributed by atoms with Gasteiger partial charge in [-0.15, -0.1) is 11.8 Å². The van der Waals surface area contributed by atoms with Crippen molar-refractivity contribution in [3.05, 3.63) is 81.8 Å². The van der Waals surface area contributed by atoms with Gasteiger partial charge in [0.05, 0.1) is 6.26 Å². The van der Waals surface area contributed by atoms with Crippen molar-refractivity contribution in [2.45, 2.75) is 10.6 Å².